The van der Waals surface area contributed by atoms with Crippen LogP contribution in [0.25, 0.3) is 6.08 Å². The first-order valence-electron chi connectivity index (χ1n) is 9.37. The average molecular weight is 378 g/mol. The summed E-state index contributed by atoms with van der Waals surface area (Å²) in [6, 6.07) is 7.38. The number of unbranched alkanes of at least 4 members (excludes halogenated alkanes) is 5. The summed E-state index contributed by atoms with van der Waals surface area (Å²) in [6.07, 6.45) is 7.60. The van der Waals surface area contributed by atoms with E-state index in [-0.39, 0.29) is 11.8 Å². The lowest BCUT2D eigenvalue weighted by molar-refractivity contribution is -0.137. The van der Waals surface area contributed by atoms with Gasteiger partial charge >= 0.3 is 5.97 Å². The Morgan fingerprint density at radius 1 is 1.04 bits per heavy atom. The molecule has 1 atom stereocenters. The van der Waals surface area contributed by atoms with Crippen molar-refractivity contribution in [2.45, 2.75) is 51.0 Å². The third kappa shape index (κ3) is 10.5. The highest BCUT2D eigenvalue weighted by Crippen LogP contribution is 2.12. The van der Waals surface area contributed by atoms with Crippen molar-refractivity contribution in [2.24, 2.45) is 0 Å². The van der Waals surface area contributed by atoms with Crippen molar-refractivity contribution in [3.05, 3.63) is 35.9 Å². The summed E-state index contributed by atoms with van der Waals surface area (Å²) in [5.41, 5.74) is 0.901. The molecule has 0 bridgehead atoms. The molecule has 1 aromatic carbocycles. The number of carbonyl (C=O) groups is 2. The molecule has 1 aromatic rings. The molecule has 0 radical (unpaired) electrons. The number of esters is 1. The molecule has 2 N–H and O–H groups in total. The van der Waals surface area contributed by atoms with Crippen LogP contribution in [0, 0.1) is 0 Å². The number of methoxy groups -OCH3 is 1. The Hall–Kier alpha value is -2.18. The van der Waals surface area contributed by atoms with E-state index in [1.165, 1.54) is 6.08 Å². The van der Waals surface area contributed by atoms with Gasteiger partial charge in [-0.1, -0.05) is 37.8 Å². The minimum absolute atomic E-state index is 0.299. The molecule has 0 aromatic heterocycles. The Labute approximate surface area is 160 Å². The fourth-order valence-corrected chi connectivity index (χ4v) is 2.48. The Balaban J connectivity index is 2.02. The molecular formula is C21H30O6. The van der Waals surface area contributed by atoms with Gasteiger partial charge in [0.25, 0.3) is 0 Å². The molecular weight excluding hydrogens is 348 g/mol. The first kappa shape index (κ1) is 22.9. The molecule has 0 saturated heterocycles. The molecule has 0 fully saturated rings. The summed E-state index contributed by atoms with van der Waals surface area (Å²) in [5.74, 6) is 0.114. The summed E-state index contributed by atoms with van der Waals surface area (Å²) < 4.78 is 10.2. The Morgan fingerprint density at radius 3 is 2.30 bits per heavy atom. The number of Topliss-reactive ketones (excluding diaryl/α,β-unsaturated/α-hetero) is 1. The zero-order valence-electron chi connectivity index (χ0n) is 15.9. The minimum Gasteiger partial charge on any atom is -0.497 e. The van der Waals surface area contributed by atoms with Gasteiger partial charge in [0.2, 0.25) is 0 Å². The van der Waals surface area contributed by atoms with E-state index in [9.17, 15) is 9.59 Å². The minimum atomic E-state index is -1.24. The van der Waals surface area contributed by atoms with Gasteiger partial charge in [0.1, 0.15) is 11.9 Å². The number of rotatable bonds is 14. The van der Waals surface area contributed by atoms with Gasteiger partial charge in [-0.05, 0) is 36.6 Å². The molecule has 6 heteroatoms. The monoisotopic (exact) mass is 378 g/mol. The number of hydrogen-bond donors (Lipinski definition) is 2. The van der Waals surface area contributed by atoms with Gasteiger partial charge in [-0.25, -0.2) is 4.79 Å². The van der Waals surface area contributed by atoms with E-state index >= 15 is 0 Å². The maximum Gasteiger partial charge on any atom is 0.330 e. The number of ether oxygens (including phenoxy) is 2. The zero-order valence-corrected chi connectivity index (χ0v) is 15.9. The standard InChI is InChI=1S/C21H30O6/c1-26-18-12-9-17(10-13-18)11-14-21(25)27-15-7-5-3-2-4-6-8-19(23)20(24)16-22/h9-14,20,22,24H,2-8,15-16H2,1H3. The van der Waals surface area contributed by atoms with E-state index in [4.69, 9.17) is 19.7 Å². The summed E-state index contributed by atoms with van der Waals surface area (Å²) >= 11 is 0. The second-order valence-electron chi connectivity index (χ2n) is 6.31. The van der Waals surface area contributed by atoms with Crippen molar-refractivity contribution in [3.63, 3.8) is 0 Å². The van der Waals surface area contributed by atoms with Gasteiger partial charge < -0.3 is 19.7 Å². The second-order valence-corrected chi connectivity index (χ2v) is 6.31. The van der Waals surface area contributed by atoms with Crippen molar-refractivity contribution in [1.29, 1.82) is 0 Å². The maximum absolute atomic E-state index is 11.7. The van der Waals surface area contributed by atoms with Crippen LogP contribution in [0.5, 0.6) is 5.75 Å². The Bertz CT molecular complexity index is 579. The molecule has 0 aliphatic rings. The average Bonchev–Trinajstić information content (AvgIpc) is 2.70. The largest absolute Gasteiger partial charge is 0.497 e. The molecule has 0 aliphatic carbocycles. The molecule has 0 amide bonds. The molecule has 27 heavy (non-hydrogen) atoms. The number of ketones is 1. The topological polar surface area (TPSA) is 93.1 Å². The van der Waals surface area contributed by atoms with E-state index < -0.39 is 12.7 Å². The van der Waals surface area contributed by atoms with Crippen LogP contribution in [0.1, 0.15) is 50.5 Å². The lowest BCUT2D eigenvalue weighted by Gasteiger charge is -2.06. The van der Waals surface area contributed by atoms with Crippen LogP contribution in [-0.4, -0.2) is 48.4 Å². The van der Waals surface area contributed by atoms with Crippen molar-refractivity contribution >= 4 is 17.8 Å². The molecule has 0 saturated carbocycles. The number of benzene rings is 1. The highest BCUT2D eigenvalue weighted by molar-refractivity contribution is 5.87. The molecule has 6 nitrogen and oxygen atoms in total. The summed E-state index contributed by atoms with van der Waals surface area (Å²) in [5, 5.41) is 17.8. The van der Waals surface area contributed by atoms with Gasteiger partial charge in [0.05, 0.1) is 20.3 Å². The Kier molecular flexibility index (Phi) is 11.8. The van der Waals surface area contributed by atoms with Crippen molar-refractivity contribution in [2.75, 3.05) is 20.3 Å². The number of aliphatic hydroxyl groups excluding tert-OH is 2. The molecule has 150 valence electrons. The molecule has 1 rings (SSSR count). The van der Waals surface area contributed by atoms with E-state index in [0.29, 0.717) is 13.0 Å². The van der Waals surface area contributed by atoms with Gasteiger partial charge in [0, 0.05) is 12.5 Å². The summed E-state index contributed by atoms with van der Waals surface area (Å²) in [4.78, 5) is 23.0. The van der Waals surface area contributed by atoms with Crippen LogP contribution >= 0.6 is 0 Å². The van der Waals surface area contributed by atoms with E-state index in [1.807, 2.05) is 24.3 Å². The van der Waals surface area contributed by atoms with Crippen LogP contribution in [0.4, 0.5) is 0 Å². The smallest absolute Gasteiger partial charge is 0.330 e. The lowest BCUT2D eigenvalue weighted by Crippen LogP contribution is -2.23. The highest BCUT2D eigenvalue weighted by Gasteiger charge is 2.12. The first-order valence-corrected chi connectivity index (χ1v) is 9.37. The third-order valence-electron chi connectivity index (χ3n) is 4.13. The van der Waals surface area contributed by atoms with Crippen LogP contribution in [0.3, 0.4) is 0 Å². The van der Waals surface area contributed by atoms with Crippen LogP contribution in [-0.2, 0) is 14.3 Å². The van der Waals surface area contributed by atoms with E-state index in [2.05, 4.69) is 0 Å². The Morgan fingerprint density at radius 2 is 1.67 bits per heavy atom. The number of hydrogen-bond acceptors (Lipinski definition) is 6. The third-order valence-corrected chi connectivity index (χ3v) is 4.13. The second kappa shape index (κ2) is 13.9. The molecule has 1 unspecified atom stereocenters. The first-order chi connectivity index (χ1) is 13.1. The van der Waals surface area contributed by atoms with Gasteiger partial charge in [0.15, 0.2) is 5.78 Å². The number of aliphatic hydroxyl groups is 2. The van der Waals surface area contributed by atoms with Crippen molar-refractivity contribution in [1.82, 2.24) is 0 Å². The normalized spacial score (nSPS) is 12.1. The molecule has 0 aliphatic heterocycles. The highest BCUT2D eigenvalue weighted by atomic mass is 16.5. The van der Waals surface area contributed by atoms with Gasteiger partial charge in [-0.3, -0.25) is 4.79 Å². The predicted octanol–water partition coefficient (Wildman–Crippen LogP) is 2.90. The van der Waals surface area contributed by atoms with Crippen LogP contribution in [0.15, 0.2) is 30.3 Å². The quantitative estimate of drug-likeness (QED) is 0.294. The fraction of sp³-hybridized carbons (Fsp3) is 0.524. The van der Waals surface area contributed by atoms with E-state index in [0.717, 1.165) is 49.8 Å². The van der Waals surface area contributed by atoms with Gasteiger partial charge in [-0.15, -0.1) is 0 Å². The summed E-state index contributed by atoms with van der Waals surface area (Å²) in [6.45, 7) is -0.111. The predicted molar refractivity (Wildman–Crippen MR) is 103 cm³/mol. The molecule has 0 spiro atoms. The van der Waals surface area contributed by atoms with Crippen LogP contribution < -0.4 is 4.74 Å². The summed E-state index contributed by atoms with van der Waals surface area (Å²) in [7, 11) is 1.60. The number of carbonyl (C=O) groups excluding carboxylic acids is 2. The SMILES string of the molecule is COc1ccc(C=CC(=O)OCCCCCCCCC(=O)C(O)CO)cc1. The zero-order chi connectivity index (χ0) is 19.9. The van der Waals surface area contributed by atoms with Gasteiger partial charge in [-0.2, -0.15) is 0 Å². The fourth-order valence-electron chi connectivity index (χ4n) is 2.48. The van der Waals surface area contributed by atoms with E-state index in [1.54, 1.807) is 13.2 Å². The van der Waals surface area contributed by atoms with Crippen molar-refractivity contribution in [3.8, 4) is 5.75 Å². The maximum atomic E-state index is 11.7. The lowest BCUT2D eigenvalue weighted by atomic mass is 10.1. The molecule has 0 heterocycles. The van der Waals surface area contributed by atoms with Crippen LogP contribution in [0.2, 0.25) is 0 Å². The van der Waals surface area contributed by atoms with Crippen molar-refractivity contribution < 1.29 is 29.3 Å².